The molecule has 0 unspecified atom stereocenters. The molecule has 0 radical (unpaired) electrons. The van der Waals surface area contributed by atoms with Crippen LogP contribution in [-0.2, 0) is 0 Å². The van der Waals surface area contributed by atoms with E-state index in [0.717, 1.165) is 37.0 Å². The highest BCUT2D eigenvalue weighted by Crippen LogP contribution is 2.29. The van der Waals surface area contributed by atoms with E-state index in [9.17, 15) is 5.11 Å². The summed E-state index contributed by atoms with van der Waals surface area (Å²) in [5, 5.41) is 12.6. The summed E-state index contributed by atoms with van der Waals surface area (Å²) < 4.78 is 0. The van der Waals surface area contributed by atoms with Crippen LogP contribution in [0.25, 0.3) is 5.57 Å². The van der Waals surface area contributed by atoms with Crippen LogP contribution in [0.15, 0.2) is 11.1 Å². The molecule has 1 heterocycles. The Bertz CT molecular complexity index is 384. The minimum absolute atomic E-state index is 0.521. The molecule has 1 aliphatic rings. The fourth-order valence-corrected chi connectivity index (χ4v) is 2.70. The van der Waals surface area contributed by atoms with E-state index in [1.54, 1.807) is 0 Å². The van der Waals surface area contributed by atoms with E-state index in [-0.39, 0.29) is 0 Å². The molecule has 1 aromatic rings. The Hall–Kier alpha value is -1.03. The van der Waals surface area contributed by atoms with Gasteiger partial charge < -0.3 is 10.8 Å². The van der Waals surface area contributed by atoms with Crippen molar-refractivity contribution in [3.05, 3.63) is 16.8 Å². The molecule has 1 aromatic heterocycles. The lowest BCUT2D eigenvalue weighted by molar-refractivity contribution is 0.384. The van der Waals surface area contributed by atoms with Crippen molar-refractivity contribution in [2.45, 2.75) is 44.9 Å². The van der Waals surface area contributed by atoms with Gasteiger partial charge in [-0.05, 0) is 19.3 Å². The number of nitrogens with two attached hydrogens (primary N) is 1. The van der Waals surface area contributed by atoms with Gasteiger partial charge >= 0.3 is 0 Å². The van der Waals surface area contributed by atoms with Crippen molar-refractivity contribution in [2.75, 3.05) is 5.73 Å². The topological polar surface area (TPSA) is 59.1 Å². The molecule has 1 aliphatic carbocycles. The Balaban J connectivity index is 2.22. The van der Waals surface area contributed by atoms with E-state index in [1.165, 1.54) is 30.6 Å². The van der Waals surface area contributed by atoms with Crippen LogP contribution in [0.3, 0.4) is 0 Å². The van der Waals surface area contributed by atoms with Crippen molar-refractivity contribution in [1.82, 2.24) is 4.98 Å². The summed E-state index contributed by atoms with van der Waals surface area (Å²) in [6, 6.07) is 0. The maximum atomic E-state index is 10.1. The number of nitrogen functional groups attached to an aromatic ring is 1. The molecule has 16 heavy (non-hydrogen) atoms. The SMILES string of the molecule is Nc1nc(/C2=C(\O)CCCCCCC2)cs1. The Labute approximate surface area is 100 Å². The van der Waals surface area contributed by atoms with Crippen LogP contribution in [0.1, 0.15) is 50.6 Å². The van der Waals surface area contributed by atoms with Crippen molar-refractivity contribution in [2.24, 2.45) is 0 Å². The number of hydrogen-bond donors (Lipinski definition) is 2. The molecule has 4 heteroatoms. The summed E-state index contributed by atoms with van der Waals surface area (Å²) in [4.78, 5) is 4.27. The van der Waals surface area contributed by atoms with Crippen LogP contribution in [0.5, 0.6) is 0 Å². The third-order valence-electron chi connectivity index (χ3n) is 3.02. The molecule has 0 aliphatic heterocycles. The number of nitrogens with zero attached hydrogens (tertiary/aromatic N) is 1. The second-order valence-corrected chi connectivity index (χ2v) is 5.15. The lowest BCUT2D eigenvalue weighted by Gasteiger charge is -2.06. The van der Waals surface area contributed by atoms with Gasteiger partial charge in [-0.2, -0.15) is 0 Å². The highest BCUT2D eigenvalue weighted by Gasteiger charge is 2.13. The average molecular weight is 238 g/mol. The Morgan fingerprint density at radius 3 is 2.50 bits per heavy atom. The first-order valence-corrected chi connectivity index (χ1v) is 6.77. The number of anilines is 1. The highest BCUT2D eigenvalue weighted by atomic mass is 32.1. The number of aromatic nitrogens is 1. The van der Waals surface area contributed by atoms with Crippen molar-refractivity contribution >= 4 is 22.0 Å². The first kappa shape index (κ1) is 11.5. The van der Waals surface area contributed by atoms with E-state index in [4.69, 9.17) is 5.73 Å². The summed E-state index contributed by atoms with van der Waals surface area (Å²) in [6.45, 7) is 0. The highest BCUT2D eigenvalue weighted by molar-refractivity contribution is 7.13. The Kier molecular flexibility index (Phi) is 3.83. The number of thiazole rings is 1. The maximum absolute atomic E-state index is 10.1. The first-order valence-electron chi connectivity index (χ1n) is 5.90. The van der Waals surface area contributed by atoms with Crippen molar-refractivity contribution < 1.29 is 5.11 Å². The van der Waals surface area contributed by atoms with E-state index >= 15 is 0 Å². The molecule has 0 spiro atoms. The summed E-state index contributed by atoms with van der Waals surface area (Å²) in [6.07, 6.45) is 7.67. The second kappa shape index (κ2) is 5.34. The summed E-state index contributed by atoms with van der Waals surface area (Å²) in [5.41, 5.74) is 7.52. The molecular formula is C12H18N2OS. The lowest BCUT2D eigenvalue weighted by atomic mass is 10.0. The van der Waals surface area contributed by atoms with Crippen LogP contribution >= 0.6 is 11.3 Å². The van der Waals surface area contributed by atoms with Gasteiger partial charge in [0.1, 0.15) is 0 Å². The normalized spacial score (nSPS) is 23.5. The van der Waals surface area contributed by atoms with Gasteiger partial charge in [-0.25, -0.2) is 4.98 Å². The largest absolute Gasteiger partial charge is 0.512 e. The minimum Gasteiger partial charge on any atom is -0.512 e. The molecule has 0 saturated carbocycles. The third-order valence-corrected chi connectivity index (χ3v) is 3.69. The molecule has 0 aromatic carbocycles. The quantitative estimate of drug-likeness (QED) is 0.783. The number of hydrogen-bond acceptors (Lipinski definition) is 4. The Morgan fingerprint density at radius 1 is 1.12 bits per heavy atom. The van der Waals surface area contributed by atoms with Gasteiger partial charge in [-0.1, -0.05) is 19.3 Å². The second-order valence-electron chi connectivity index (χ2n) is 4.26. The third kappa shape index (κ3) is 2.76. The maximum Gasteiger partial charge on any atom is 0.180 e. The van der Waals surface area contributed by atoms with E-state index in [2.05, 4.69) is 4.98 Å². The number of rotatable bonds is 1. The van der Waals surface area contributed by atoms with E-state index in [1.807, 2.05) is 5.38 Å². The van der Waals surface area contributed by atoms with Crippen molar-refractivity contribution in [3.63, 3.8) is 0 Å². The molecule has 0 amide bonds. The van der Waals surface area contributed by atoms with Crippen molar-refractivity contribution in [1.29, 1.82) is 0 Å². The molecule has 3 N–H and O–H groups in total. The zero-order valence-electron chi connectivity index (χ0n) is 9.41. The zero-order valence-corrected chi connectivity index (χ0v) is 10.2. The van der Waals surface area contributed by atoms with Gasteiger partial charge in [0.05, 0.1) is 11.5 Å². The van der Waals surface area contributed by atoms with Crippen LogP contribution in [0.2, 0.25) is 0 Å². The predicted molar refractivity (Wildman–Crippen MR) is 68.4 cm³/mol. The Morgan fingerprint density at radius 2 is 1.81 bits per heavy atom. The average Bonchev–Trinajstić information content (AvgIpc) is 2.70. The zero-order chi connectivity index (χ0) is 11.4. The van der Waals surface area contributed by atoms with Crippen LogP contribution in [0, 0.1) is 0 Å². The molecule has 0 bridgehead atoms. The first-order chi connectivity index (χ1) is 7.77. The summed E-state index contributed by atoms with van der Waals surface area (Å²) in [5.74, 6) is 0.521. The monoisotopic (exact) mass is 238 g/mol. The van der Waals surface area contributed by atoms with Gasteiger partial charge in [-0.3, -0.25) is 0 Å². The van der Waals surface area contributed by atoms with Crippen molar-refractivity contribution in [3.8, 4) is 0 Å². The van der Waals surface area contributed by atoms with Crippen LogP contribution in [-0.4, -0.2) is 10.1 Å². The molecule has 2 rings (SSSR count). The molecule has 0 atom stereocenters. The standard InChI is InChI=1S/C12H18N2OS/c13-12-14-10(8-16-12)9-6-4-2-1-3-5-7-11(9)15/h8,15H,1-7H2,(H2,13,14)/b11-9-. The molecule has 0 saturated heterocycles. The lowest BCUT2D eigenvalue weighted by Crippen LogP contribution is -1.93. The van der Waals surface area contributed by atoms with Crippen LogP contribution in [0.4, 0.5) is 5.13 Å². The molecule has 88 valence electrons. The number of aliphatic hydroxyl groups excluding tert-OH is 1. The smallest absolute Gasteiger partial charge is 0.180 e. The van der Waals surface area contributed by atoms with Gasteiger partial charge in [0, 0.05) is 17.4 Å². The van der Waals surface area contributed by atoms with Gasteiger partial charge in [0.2, 0.25) is 0 Å². The van der Waals surface area contributed by atoms with Gasteiger partial charge in [-0.15, -0.1) is 11.3 Å². The van der Waals surface area contributed by atoms with E-state index < -0.39 is 0 Å². The van der Waals surface area contributed by atoms with Gasteiger partial charge in [0.15, 0.2) is 5.13 Å². The molecule has 3 nitrogen and oxygen atoms in total. The summed E-state index contributed by atoms with van der Waals surface area (Å²) >= 11 is 1.44. The fourth-order valence-electron chi connectivity index (χ4n) is 2.12. The van der Waals surface area contributed by atoms with Crippen LogP contribution < -0.4 is 5.73 Å². The molecular weight excluding hydrogens is 220 g/mol. The summed E-state index contributed by atoms with van der Waals surface area (Å²) in [7, 11) is 0. The number of aliphatic hydroxyl groups is 1. The molecule has 0 fully saturated rings. The predicted octanol–water partition coefficient (Wildman–Crippen LogP) is 3.74. The fraction of sp³-hybridized carbons (Fsp3) is 0.583. The van der Waals surface area contributed by atoms with Gasteiger partial charge in [0.25, 0.3) is 0 Å². The number of allylic oxidation sites excluding steroid dienone is 2. The minimum atomic E-state index is 0.521. The van der Waals surface area contributed by atoms with E-state index in [0.29, 0.717) is 10.9 Å².